The van der Waals surface area contributed by atoms with Gasteiger partial charge in [0.2, 0.25) is 0 Å². The Balaban J connectivity index is 0.00000208. The van der Waals surface area contributed by atoms with E-state index in [1.165, 1.54) is 4.88 Å². The molecule has 2 heterocycles. The Morgan fingerprint density at radius 1 is 1.38 bits per heavy atom. The molecule has 1 atom stereocenters. The lowest BCUT2D eigenvalue weighted by molar-refractivity contribution is 0.0786. The Labute approximate surface area is 153 Å². The molecule has 0 aliphatic carbocycles. The highest BCUT2D eigenvalue weighted by Crippen LogP contribution is 2.21. The zero-order valence-electron chi connectivity index (χ0n) is 13.7. The number of hydrogen-bond acceptors (Lipinski definition) is 4. The van der Waals surface area contributed by atoms with Crippen LogP contribution in [-0.2, 0) is 6.61 Å². The molecule has 1 saturated heterocycles. The van der Waals surface area contributed by atoms with Crippen molar-refractivity contribution in [3.8, 4) is 5.75 Å². The fourth-order valence-corrected chi connectivity index (χ4v) is 3.54. The van der Waals surface area contributed by atoms with Gasteiger partial charge in [-0.2, -0.15) is 0 Å². The Kier molecular flexibility index (Phi) is 7.09. The van der Waals surface area contributed by atoms with Gasteiger partial charge in [-0.3, -0.25) is 4.79 Å². The summed E-state index contributed by atoms with van der Waals surface area (Å²) in [6.07, 6.45) is 1.07. The second-order valence-electron chi connectivity index (χ2n) is 5.86. The summed E-state index contributed by atoms with van der Waals surface area (Å²) in [5.74, 6) is 1.41. The van der Waals surface area contributed by atoms with Crippen LogP contribution in [0.5, 0.6) is 5.75 Å². The van der Waals surface area contributed by atoms with E-state index in [9.17, 15) is 4.79 Å². The number of nitrogens with zero attached hydrogens (tertiary/aromatic N) is 1. The first kappa shape index (κ1) is 18.8. The fourth-order valence-electron chi connectivity index (χ4n) is 2.92. The smallest absolute Gasteiger partial charge is 0.253 e. The minimum Gasteiger partial charge on any atom is -0.488 e. The first-order valence-corrected chi connectivity index (χ1v) is 8.83. The van der Waals surface area contributed by atoms with Gasteiger partial charge < -0.3 is 15.0 Å². The van der Waals surface area contributed by atoms with Gasteiger partial charge in [0.25, 0.3) is 5.91 Å². The number of nitrogens with one attached hydrogen (secondary N) is 1. The van der Waals surface area contributed by atoms with Gasteiger partial charge in [-0.15, -0.1) is 23.7 Å². The Bertz CT molecular complexity index is 648. The quantitative estimate of drug-likeness (QED) is 0.851. The highest BCUT2D eigenvalue weighted by Gasteiger charge is 2.26. The third kappa shape index (κ3) is 4.72. The molecular weight excluding hydrogens is 344 g/mol. The number of thiophene rings is 1. The molecule has 1 fully saturated rings. The number of carbonyl (C=O) groups excluding carboxylic acids is 1. The minimum absolute atomic E-state index is 0. The molecule has 1 N–H and O–H groups in total. The maximum atomic E-state index is 12.6. The summed E-state index contributed by atoms with van der Waals surface area (Å²) >= 11 is 1.67. The largest absolute Gasteiger partial charge is 0.488 e. The van der Waals surface area contributed by atoms with Gasteiger partial charge in [0, 0.05) is 23.5 Å². The predicted molar refractivity (Wildman–Crippen MR) is 100 cm³/mol. The Morgan fingerprint density at radius 3 is 3.00 bits per heavy atom. The summed E-state index contributed by atoms with van der Waals surface area (Å²) in [5, 5.41) is 5.23. The van der Waals surface area contributed by atoms with Gasteiger partial charge in [-0.25, -0.2) is 0 Å². The number of ether oxygens (including phenoxy) is 1. The molecule has 1 aliphatic heterocycles. The Hall–Kier alpha value is -1.56. The number of likely N-dealkylation sites (tertiary alicyclic amines) is 1. The average molecular weight is 367 g/mol. The molecule has 1 amide bonds. The third-order valence-electron chi connectivity index (χ3n) is 4.11. The molecule has 1 aliphatic rings. The summed E-state index contributed by atoms with van der Waals surface area (Å²) in [4.78, 5) is 15.8. The van der Waals surface area contributed by atoms with Crippen molar-refractivity contribution in [3.63, 3.8) is 0 Å². The molecular formula is C18H23ClN2O2S. The van der Waals surface area contributed by atoms with Crippen LogP contribution in [0.3, 0.4) is 0 Å². The number of benzene rings is 1. The molecule has 130 valence electrons. The summed E-state index contributed by atoms with van der Waals surface area (Å²) in [6, 6.07) is 11.6. The monoisotopic (exact) mass is 366 g/mol. The number of amides is 1. The van der Waals surface area contributed by atoms with E-state index in [1.54, 1.807) is 11.3 Å². The first-order chi connectivity index (χ1) is 11.3. The van der Waals surface area contributed by atoms with Crippen LogP contribution in [0.2, 0.25) is 0 Å². The highest BCUT2D eigenvalue weighted by molar-refractivity contribution is 7.09. The van der Waals surface area contributed by atoms with Crippen LogP contribution in [0.4, 0.5) is 0 Å². The van der Waals surface area contributed by atoms with E-state index >= 15 is 0 Å². The molecule has 0 spiro atoms. The summed E-state index contributed by atoms with van der Waals surface area (Å²) < 4.78 is 5.79. The van der Waals surface area contributed by atoms with E-state index in [4.69, 9.17) is 4.74 Å². The minimum atomic E-state index is 0. The first-order valence-electron chi connectivity index (χ1n) is 7.95. The van der Waals surface area contributed by atoms with Gasteiger partial charge in [-0.05, 0) is 55.6 Å². The standard InChI is InChI=1S/C18H22N2O2S.ClH/c1-19-11-14-7-8-20(12-14)18(21)15-4-2-5-16(10-15)22-13-17-6-3-9-23-17;/h2-6,9-10,14,19H,7-8,11-13H2,1H3;1H. The number of halogens is 1. The van der Waals surface area contributed by atoms with Crippen LogP contribution < -0.4 is 10.1 Å². The van der Waals surface area contributed by atoms with Crippen molar-refractivity contribution in [2.45, 2.75) is 13.0 Å². The third-order valence-corrected chi connectivity index (χ3v) is 4.96. The summed E-state index contributed by atoms with van der Waals surface area (Å²) in [7, 11) is 1.96. The van der Waals surface area contributed by atoms with E-state index in [2.05, 4.69) is 5.32 Å². The van der Waals surface area contributed by atoms with Crippen molar-refractivity contribution >= 4 is 29.7 Å². The molecule has 3 rings (SSSR count). The maximum Gasteiger partial charge on any atom is 0.253 e. The molecule has 6 heteroatoms. The van der Waals surface area contributed by atoms with Crippen LogP contribution in [0.25, 0.3) is 0 Å². The molecule has 0 radical (unpaired) electrons. The summed E-state index contributed by atoms with van der Waals surface area (Å²) in [5.41, 5.74) is 0.707. The van der Waals surface area contributed by atoms with E-state index < -0.39 is 0 Å². The van der Waals surface area contributed by atoms with Gasteiger partial charge in [-0.1, -0.05) is 12.1 Å². The lowest BCUT2D eigenvalue weighted by Crippen LogP contribution is -2.30. The molecule has 1 aromatic carbocycles. The summed E-state index contributed by atoms with van der Waals surface area (Å²) in [6.45, 7) is 3.18. The molecule has 0 saturated carbocycles. The maximum absolute atomic E-state index is 12.6. The topological polar surface area (TPSA) is 41.6 Å². The normalized spacial score (nSPS) is 16.7. The molecule has 1 unspecified atom stereocenters. The highest BCUT2D eigenvalue weighted by atomic mass is 35.5. The van der Waals surface area contributed by atoms with Crippen molar-refractivity contribution in [2.24, 2.45) is 5.92 Å². The van der Waals surface area contributed by atoms with Crippen molar-refractivity contribution in [1.29, 1.82) is 0 Å². The van der Waals surface area contributed by atoms with Crippen molar-refractivity contribution in [1.82, 2.24) is 10.2 Å². The van der Waals surface area contributed by atoms with Crippen molar-refractivity contribution in [3.05, 3.63) is 52.2 Å². The van der Waals surface area contributed by atoms with E-state index in [0.717, 1.165) is 31.8 Å². The molecule has 0 bridgehead atoms. The Morgan fingerprint density at radius 2 is 2.25 bits per heavy atom. The van der Waals surface area contributed by atoms with Crippen molar-refractivity contribution in [2.75, 3.05) is 26.7 Å². The molecule has 1 aromatic heterocycles. The predicted octanol–water partition coefficient (Wildman–Crippen LogP) is 3.43. The van der Waals surface area contributed by atoms with E-state index in [1.807, 2.05) is 53.7 Å². The zero-order valence-corrected chi connectivity index (χ0v) is 15.4. The van der Waals surface area contributed by atoms with E-state index in [0.29, 0.717) is 18.1 Å². The second kappa shape index (κ2) is 9.06. The average Bonchev–Trinajstić information content (AvgIpc) is 3.25. The molecule has 24 heavy (non-hydrogen) atoms. The number of carbonyl (C=O) groups is 1. The van der Waals surface area contributed by atoms with Crippen LogP contribution in [0, 0.1) is 5.92 Å². The van der Waals surface area contributed by atoms with E-state index in [-0.39, 0.29) is 18.3 Å². The number of rotatable bonds is 6. The van der Waals surface area contributed by atoms with Crippen LogP contribution in [0.1, 0.15) is 21.7 Å². The zero-order chi connectivity index (χ0) is 16.1. The lowest BCUT2D eigenvalue weighted by atomic mass is 10.1. The van der Waals surface area contributed by atoms with Gasteiger partial charge in [0.1, 0.15) is 12.4 Å². The van der Waals surface area contributed by atoms with Crippen molar-refractivity contribution < 1.29 is 9.53 Å². The second-order valence-corrected chi connectivity index (χ2v) is 6.89. The van der Waals surface area contributed by atoms with Crippen LogP contribution >= 0.6 is 23.7 Å². The lowest BCUT2D eigenvalue weighted by Gasteiger charge is -2.17. The van der Waals surface area contributed by atoms with Gasteiger partial charge >= 0.3 is 0 Å². The molecule has 4 nitrogen and oxygen atoms in total. The number of hydrogen-bond donors (Lipinski definition) is 1. The van der Waals surface area contributed by atoms with Crippen LogP contribution in [0.15, 0.2) is 41.8 Å². The van der Waals surface area contributed by atoms with Gasteiger partial charge in [0.15, 0.2) is 0 Å². The fraction of sp³-hybridized carbons (Fsp3) is 0.389. The van der Waals surface area contributed by atoms with Crippen LogP contribution in [-0.4, -0.2) is 37.5 Å². The van der Waals surface area contributed by atoms with Gasteiger partial charge in [0.05, 0.1) is 0 Å². The SMILES string of the molecule is CNCC1CCN(C(=O)c2cccc(OCc3cccs3)c2)C1.Cl. The molecule has 2 aromatic rings.